The van der Waals surface area contributed by atoms with Crippen molar-refractivity contribution in [3.05, 3.63) is 53.8 Å². The normalized spacial score (nSPS) is 13.6. The fourth-order valence-electron chi connectivity index (χ4n) is 3.88. The molecule has 1 aliphatic rings. The molecule has 11 heteroatoms. The monoisotopic (exact) mass is 521 g/mol. The molecular formula is C25H32FN3O6S. The van der Waals surface area contributed by atoms with E-state index in [0.29, 0.717) is 42.5 Å². The average Bonchev–Trinajstić information content (AvgIpc) is 2.85. The van der Waals surface area contributed by atoms with Crippen molar-refractivity contribution < 1.29 is 31.9 Å². The van der Waals surface area contributed by atoms with Crippen LogP contribution in [0, 0.1) is 5.82 Å². The van der Waals surface area contributed by atoms with Crippen LogP contribution in [0.15, 0.2) is 42.5 Å². The molecule has 2 aromatic rings. The molecule has 1 unspecified atom stereocenters. The molecule has 9 nitrogen and oxygen atoms in total. The van der Waals surface area contributed by atoms with Gasteiger partial charge < -0.3 is 19.7 Å². The van der Waals surface area contributed by atoms with Crippen molar-refractivity contribution in [2.75, 3.05) is 36.9 Å². The second-order valence-corrected chi connectivity index (χ2v) is 10.4. The molecule has 0 saturated carbocycles. The minimum absolute atomic E-state index is 0.0154. The number of nitrogens with zero attached hydrogens (tertiary/aromatic N) is 2. The lowest BCUT2D eigenvalue weighted by atomic mass is 10.1. The number of halogens is 1. The lowest BCUT2D eigenvalue weighted by molar-refractivity contribution is -0.140. The molecule has 0 spiro atoms. The van der Waals surface area contributed by atoms with Gasteiger partial charge in [0.05, 0.1) is 11.9 Å². The molecule has 1 atom stereocenters. The van der Waals surface area contributed by atoms with E-state index in [1.807, 2.05) is 0 Å². The minimum Gasteiger partial charge on any atom is -0.486 e. The number of carbonyl (C=O) groups is 2. The standard InChI is InChI=1S/C25H32FN3O6S/c1-4-27-25(31)18(2)28(17-19-7-9-20(26)10-8-19)24(30)6-5-13-29(36(3,32)33)21-11-12-22-23(16-21)35-15-14-34-22/h7-12,16,18H,4-6,13-15,17H2,1-3H3,(H,27,31). The molecule has 1 aliphatic heterocycles. The van der Waals surface area contributed by atoms with Gasteiger partial charge in [0.25, 0.3) is 0 Å². The van der Waals surface area contributed by atoms with Gasteiger partial charge in [-0.3, -0.25) is 13.9 Å². The van der Waals surface area contributed by atoms with Gasteiger partial charge in [-0.25, -0.2) is 12.8 Å². The highest BCUT2D eigenvalue weighted by Gasteiger charge is 2.27. The van der Waals surface area contributed by atoms with E-state index < -0.39 is 21.9 Å². The summed E-state index contributed by atoms with van der Waals surface area (Å²) in [6.07, 6.45) is 1.34. The van der Waals surface area contributed by atoms with Gasteiger partial charge in [-0.05, 0) is 50.1 Å². The van der Waals surface area contributed by atoms with E-state index in [4.69, 9.17) is 9.47 Å². The quantitative estimate of drug-likeness (QED) is 0.488. The van der Waals surface area contributed by atoms with Gasteiger partial charge in [-0.2, -0.15) is 0 Å². The molecule has 0 bridgehead atoms. The SMILES string of the molecule is CCNC(=O)C(C)N(Cc1ccc(F)cc1)C(=O)CCCN(c1ccc2c(c1)OCCO2)S(C)(=O)=O. The zero-order valence-corrected chi connectivity index (χ0v) is 21.5. The first-order chi connectivity index (χ1) is 17.1. The van der Waals surface area contributed by atoms with Crippen LogP contribution >= 0.6 is 0 Å². The third kappa shape index (κ3) is 7.09. The van der Waals surface area contributed by atoms with Crippen LogP contribution in [-0.4, -0.2) is 63.7 Å². The van der Waals surface area contributed by atoms with Crippen LogP contribution in [0.4, 0.5) is 10.1 Å². The Kier molecular flexibility index (Phi) is 9.14. The third-order valence-electron chi connectivity index (χ3n) is 5.75. The fraction of sp³-hybridized carbons (Fsp3) is 0.440. The number of hydrogen-bond acceptors (Lipinski definition) is 6. The number of hydrogen-bond donors (Lipinski definition) is 1. The Labute approximate surface area is 211 Å². The molecule has 0 aliphatic carbocycles. The van der Waals surface area contributed by atoms with Gasteiger partial charge in [-0.1, -0.05) is 12.1 Å². The van der Waals surface area contributed by atoms with Crippen LogP contribution in [-0.2, 0) is 26.2 Å². The molecule has 2 amide bonds. The summed E-state index contributed by atoms with van der Waals surface area (Å²) in [6.45, 7) is 4.81. The second kappa shape index (κ2) is 12.1. The highest BCUT2D eigenvalue weighted by atomic mass is 32.2. The van der Waals surface area contributed by atoms with Crippen molar-refractivity contribution in [1.29, 1.82) is 0 Å². The molecule has 0 fully saturated rings. The Morgan fingerprint density at radius 1 is 1.08 bits per heavy atom. The van der Waals surface area contributed by atoms with Crippen LogP contribution < -0.4 is 19.1 Å². The zero-order valence-electron chi connectivity index (χ0n) is 20.7. The maximum atomic E-state index is 13.3. The molecule has 0 aromatic heterocycles. The number of likely N-dealkylation sites (N-methyl/N-ethyl adjacent to an activating group) is 1. The van der Waals surface area contributed by atoms with Crippen LogP contribution in [0.5, 0.6) is 11.5 Å². The van der Waals surface area contributed by atoms with E-state index in [-0.39, 0.29) is 37.7 Å². The van der Waals surface area contributed by atoms with Crippen molar-refractivity contribution in [3.8, 4) is 11.5 Å². The van der Waals surface area contributed by atoms with Gasteiger partial charge in [0.1, 0.15) is 25.1 Å². The van der Waals surface area contributed by atoms with E-state index >= 15 is 0 Å². The van der Waals surface area contributed by atoms with Crippen molar-refractivity contribution in [2.45, 2.75) is 39.3 Å². The first-order valence-corrected chi connectivity index (χ1v) is 13.6. The average molecular weight is 522 g/mol. The summed E-state index contributed by atoms with van der Waals surface area (Å²) in [4.78, 5) is 27.1. The number of amides is 2. The van der Waals surface area contributed by atoms with E-state index in [9.17, 15) is 22.4 Å². The number of ether oxygens (including phenoxy) is 2. The highest BCUT2D eigenvalue weighted by Crippen LogP contribution is 2.34. The Morgan fingerprint density at radius 3 is 2.39 bits per heavy atom. The molecule has 1 N–H and O–H groups in total. The molecule has 2 aromatic carbocycles. The Balaban J connectivity index is 1.72. The molecule has 0 saturated heterocycles. The maximum absolute atomic E-state index is 13.3. The van der Waals surface area contributed by atoms with Crippen LogP contribution in [0.25, 0.3) is 0 Å². The predicted octanol–water partition coefficient (Wildman–Crippen LogP) is 2.70. The summed E-state index contributed by atoms with van der Waals surface area (Å²) >= 11 is 0. The van der Waals surface area contributed by atoms with E-state index in [2.05, 4.69) is 5.32 Å². The van der Waals surface area contributed by atoms with Crippen molar-refractivity contribution in [1.82, 2.24) is 10.2 Å². The largest absolute Gasteiger partial charge is 0.486 e. The van der Waals surface area contributed by atoms with Gasteiger partial charge in [0.15, 0.2) is 11.5 Å². The lowest BCUT2D eigenvalue weighted by Crippen LogP contribution is -2.47. The third-order valence-corrected chi connectivity index (χ3v) is 6.94. The predicted molar refractivity (Wildman–Crippen MR) is 134 cm³/mol. The molecule has 36 heavy (non-hydrogen) atoms. The summed E-state index contributed by atoms with van der Waals surface area (Å²) in [6, 6.07) is 9.86. The fourth-order valence-corrected chi connectivity index (χ4v) is 4.84. The molecule has 3 rings (SSSR count). The van der Waals surface area contributed by atoms with Crippen LogP contribution in [0.1, 0.15) is 32.3 Å². The van der Waals surface area contributed by atoms with Gasteiger partial charge >= 0.3 is 0 Å². The maximum Gasteiger partial charge on any atom is 0.242 e. The van der Waals surface area contributed by atoms with Crippen LogP contribution in [0.3, 0.4) is 0 Å². The minimum atomic E-state index is -3.64. The molecule has 196 valence electrons. The zero-order chi connectivity index (χ0) is 26.3. The summed E-state index contributed by atoms with van der Waals surface area (Å²) in [5.74, 6) is -0.00164. The number of nitrogens with one attached hydrogen (secondary N) is 1. The molecular weight excluding hydrogens is 489 g/mol. The lowest BCUT2D eigenvalue weighted by Gasteiger charge is -2.29. The number of anilines is 1. The summed E-state index contributed by atoms with van der Waals surface area (Å²) in [7, 11) is -3.64. The molecule has 1 heterocycles. The van der Waals surface area contributed by atoms with Crippen molar-refractivity contribution >= 4 is 27.5 Å². The van der Waals surface area contributed by atoms with Gasteiger partial charge in [0, 0.05) is 32.1 Å². The Bertz CT molecular complexity index is 1170. The van der Waals surface area contributed by atoms with Gasteiger partial charge in [-0.15, -0.1) is 0 Å². The van der Waals surface area contributed by atoms with E-state index in [1.54, 1.807) is 44.2 Å². The first kappa shape index (κ1) is 27.3. The number of carbonyl (C=O) groups excluding carboxylic acids is 2. The topological polar surface area (TPSA) is 105 Å². The molecule has 0 radical (unpaired) electrons. The highest BCUT2D eigenvalue weighted by molar-refractivity contribution is 7.92. The van der Waals surface area contributed by atoms with E-state index in [1.165, 1.54) is 21.3 Å². The summed E-state index contributed by atoms with van der Waals surface area (Å²) in [5.41, 5.74) is 1.09. The Hall–Kier alpha value is -3.34. The van der Waals surface area contributed by atoms with E-state index in [0.717, 1.165) is 6.26 Å². The first-order valence-electron chi connectivity index (χ1n) is 11.8. The summed E-state index contributed by atoms with van der Waals surface area (Å²) in [5, 5.41) is 2.71. The number of fused-ring (bicyclic) bond motifs is 1. The summed E-state index contributed by atoms with van der Waals surface area (Å²) < 4.78 is 50.7. The number of sulfonamides is 1. The number of benzene rings is 2. The second-order valence-electron chi connectivity index (χ2n) is 8.49. The smallest absolute Gasteiger partial charge is 0.242 e. The van der Waals surface area contributed by atoms with Crippen molar-refractivity contribution in [2.24, 2.45) is 0 Å². The Morgan fingerprint density at radius 2 is 1.75 bits per heavy atom. The van der Waals surface area contributed by atoms with Crippen molar-refractivity contribution in [3.63, 3.8) is 0 Å². The van der Waals surface area contributed by atoms with Crippen LogP contribution in [0.2, 0.25) is 0 Å². The number of rotatable bonds is 11. The van der Waals surface area contributed by atoms with Gasteiger partial charge in [0.2, 0.25) is 21.8 Å².